The third kappa shape index (κ3) is 4.17. The molecule has 0 aliphatic rings. The lowest BCUT2D eigenvalue weighted by Gasteiger charge is -2.14. The van der Waals surface area contributed by atoms with Crippen molar-refractivity contribution in [3.8, 4) is 5.19 Å². The van der Waals surface area contributed by atoms with Crippen molar-refractivity contribution in [2.24, 2.45) is 0 Å². The van der Waals surface area contributed by atoms with Crippen LogP contribution in [-0.2, 0) is 11.0 Å². The summed E-state index contributed by atoms with van der Waals surface area (Å²) in [4.78, 5) is 12.0. The largest absolute Gasteiger partial charge is 0.456 e. The standard InChI is InChI=1S/C13H12F3N3O2S/c1-2-9(10(20)17-8-6-4-3-5-7-8)21-12-19-18-11(22-12)13(14,15)16/h3-7,9H,2H2,1H3,(H,17,20). The van der Waals surface area contributed by atoms with Crippen LogP contribution in [0.3, 0.4) is 0 Å². The lowest BCUT2D eigenvalue weighted by Crippen LogP contribution is -2.32. The van der Waals surface area contributed by atoms with Crippen LogP contribution in [0, 0.1) is 0 Å². The van der Waals surface area contributed by atoms with Crippen LogP contribution in [0.5, 0.6) is 5.19 Å². The number of amides is 1. The Morgan fingerprint density at radius 1 is 1.32 bits per heavy atom. The van der Waals surface area contributed by atoms with Gasteiger partial charge in [-0.15, -0.1) is 5.10 Å². The summed E-state index contributed by atoms with van der Waals surface area (Å²) in [5.74, 6) is -0.461. The van der Waals surface area contributed by atoms with Gasteiger partial charge in [0.2, 0.25) is 5.01 Å². The molecule has 1 aromatic carbocycles. The lowest BCUT2D eigenvalue weighted by atomic mass is 10.2. The van der Waals surface area contributed by atoms with Crippen LogP contribution in [0.2, 0.25) is 0 Å². The summed E-state index contributed by atoms with van der Waals surface area (Å²) in [6, 6.07) is 8.67. The average molecular weight is 331 g/mol. The van der Waals surface area contributed by atoms with E-state index < -0.39 is 23.2 Å². The van der Waals surface area contributed by atoms with Crippen molar-refractivity contribution in [3.63, 3.8) is 0 Å². The van der Waals surface area contributed by atoms with Crippen molar-refractivity contribution in [2.45, 2.75) is 25.6 Å². The number of carbonyl (C=O) groups excluding carboxylic acids is 1. The first-order chi connectivity index (χ1) is 10.4. The molecule has 118 valence electrons. The summed E-state index contributed by atoms with van der Waals surface area (Å²) < 4.78 is 42.5. The van der Waals surface area contributed by atoms with E-state index in [4.69, 9.17) is 4.74 Å². The van der Waals surface area contributed by atoms with E-state index in [1.54, 1.807) is 37.3 Å². The Bertz CT molecular complexity index is 631. The van der Waals surface area contributed by atoms with Gasteiger partial charge in [0.15, 0.2) is 6.10 Å². The Morgan fingerprint density at radius 3 is 2.55 bits per heavy atom. The van der Waals surface area contributed by atoms with E-state index in [-0.39, 0.29) is 23.0 Å². The highest BCUT2D eigenvalue weighted by atomic mass is 32.1. The van der Waals surface area contributed by atoms with Crippen LogP contribution < -0.4 is 10.1 Å². The number of carbonyl (C=O) groups is 1. The number of aromatic nitrogens is 2. The van der Waals surface area contributed by atoms with Gasteiger partial charge in [-0.3, -0.25) is 4.79 Å². The first kappa shape index (κ1) is 16.2. The van der Waals surface area contributed by atoms with Gasteiger partial charge in [-0.2, -0.15) is 13.2 Å². The third-order valence-electron chi connectivity index (χ3n) is 2.60. The number of anilines is 1. The maximum atomic E-state index is 12.4. The topological polar surface area (TPSA) is 64.1 Å². The Labute approximate surface area is 128 Å². The molecule has 1 heterocycles. The number of benzene rings is 1. The van der Waals surface area contributed by atoms with Crippen LogP contribution >= 0.6 is 11.3 Å². The van der Waals surface area contributed by atoms with Gasteiger partial charge in [-0.05, 0) is 18.6 Å². The summed E-state index contributed by atoms with van der Waals surface area (Å²) in [6.45, 7) is 1.68. The summed E-state index contributed by atoms with van der Waals surface area (Å²) in [7, 11) is 0. The Morgan fingerprint density at radius 2 is 2.00 bits per heavy atom. The molecule has 2 aromatic rings. The van der Waals surface area contributed by atoms with Crippen molar-refractivity contribution >= 4 is 22.9 Å². The van der Waals surface area contributed by atoms with Crippen molar-refractivity contribution in [1.82, 2.24) is 10.2 Å². The van der Waals surface area contributed by atoms with Gasteiger partial charge in [0, 0.05) is 5.69 Å². The normalized spacial score (nSPS) is 12.7. The number of rotatable bonds is 5. The predicted molar refractivity (Wildman–Crippen MR) is 74.7 cm³/mol. The molecule has 2 rings (SSSR count). The second-order valence-electron chi connectivity index (χ2n) is 4.24. The zero-order valence-corrected chi connectivity index (χ0v) is 12.2. The highest BCUT2D eigenvalue weighted by Gasteiger charge is 2.36. The number of hydrogen-bond donors (Lipinski definition) is 1. The molecule has 22 heavy (non-hydrogen) atoms. The van der Waals surface area contributed by atoms with Crippen molar-refractivity contribution < 1.29 is 22.7 Å². The van der Waals surface area contributed by atoms with Gasteiger partial charge in [0.25, 0.3) is 11.1 Å². The lowest BCUT2D eigenvalue weighted by molar-refractivity contribution is -0.138. The molecule has 1 atom stereocenters. The van der Waals surface area contributed by atoms with Crippen LogP contribution in [0.25, 0.3) is 0 Å². The highest BCUT2D eigenvalue weighted by Crippen LogP contribution is 2.34. The molecule has 0 fully saturated rings. The number of nitrogens with one attached hydrogen (secondary N) is 1. The molecule has 1 unspecified atom stereocenters. The molecule has 0 saturated heterocycles. The molecular weight excluding hydrogens is 319 g/mol. The number of halogens is 3. The van der Waals surface area contributed by atoms with Gasteiger partial charge in [-0.1, -0.05) is 41.6 Å². The average Bonchev–Trinajstić information content (AvgIpc) is 2.94. The zero-order valence-electron chi connectivity index (χ0n) is 11.4. The third-order valence-corrected chi connectivity index (χ3v) is 3.46. The summed E-state index contributed by atoms with van der Waals surface area (Å²) in [6.07, 6.45) is -5.25. The fourth-order valence-corrected chi connectivity index (χ4v) is 2.17. The van der Waals surface area contributed by atoms with Crippen LogP contribution in [0.4, 0.5) is 18.9 Å². The minimum atomic E-state index is -4.58. The van der Waals surface area contributed by atoms with E-state index in [1.807, 2.05) is 0 Å². The van der Waals surface area contributed by atoms with Crippen molar-refractivity contribution in [3.05, 3.63) is 35.3 Å². The molecule has 0 aliphatic heterocycles. The number of nitrogens with zero attached hydrogens (tertiary/aromatic N) is 2. The molecule has 5 nitrogen and oxygen atoms in total. The minimum Gasteiger partial charge on any atom is -0.456 e. The zero-order chi connectivity index (χ0) is 16.2. The number of hydrogen-bond acceptors (Lipinski definition) is 5. The maximum Gasteiger partial charge on any atom is 0.445 e. The second-order valence-corrected chi connectivity index (χ2v) is 5.18. The summed E-state index contributed by atoms with van der Waals surface area (Å²) in [5.41, 5.74) is 0.572. The minimum absolute atomic E-state index is 0.258. The summed E-state index contributed by atoms with van der Waals surface area (Å²) in [5, 5.41) is 7.53. The van der Waals surface area contributed by atoms with E-state index in [9.17, 15) is 18.0 Å². The van der Waals surface area contributed by atoms with E-state index in [0.717, 1.165) is 0 Å². The smallest absolute Gasteiger partial charge is 0.445 e. The first-order valence-corrected chi connectivity index (χ1v) is 7.15. The molecule has 0 saturated carbocycles. The molecule has 1 aromatic heterocycles. The summed E-state index contributed by atoms with van der Waals surface area (Å²) >= 11 is 0.258. The van der Waals surface area contributed by atoms with Gasteiger partial charge in [0.05, 0.1) is 0 Å². The second kappa shape index (κ2) is 6.73. The van der Waals surface area contributed by atoms with E-state index in [1.165, 1.54) is 0 Å². The van der Waals surface area contributed by atoms with Gasteiger partial charge >= 0.3 is 6.18 Å². The van der Waals surface area contributed by atoms with Gasteiger partial charge < -0.3 is 10.1 Å². The van der Waals surface area contributed by atoms with E-state index in [2.05, 4.69) is 15.5 Å². The van der Waals surface area contributed by atoms with Crippen molar-refractivity contribution in [1.29, 1.82) is 0 Å². The molecule has 1 amide bonds. The fourth-order valence-electron chi connectivity index (χ4n) is 1.56. The van der Waals surface area contributed by atoms with Gasteiger partial charge in [-0.25, -0.2) is 0 Å². The molecule has 0 spiro atoms. The molecule has 1 N–H and O–H groups in total. The predicted octanol–water partition coefficient (Wildman–Crippen LogP) is 3.35. The number of alkyl halides is 3. The Hall–Kier alpha value is -2.16. The number of ether oxygens (including phenoxy) is 1. The molecular formula is C13H12F3N3O2S. The van der Waals surface area contributed by atoms with Crippen LogP contribution in [0.1, 0.15) is 18.4 Å². The first-order valence-electron chi connectivity index (χ1n) is 6.33. The molecule has 0 bridgehead atoms. The number of para-hydroxylation sites is 1. The monoisotopic (exact) mass is 331 g/mol. The van der Waals surface area contributed by atoms with Crippen LogP contribution in [-0.4, -0.2) is 22.2 Å². The molecule has 9 heteroatoms. The quantitative estimate of drug-likeness (QED) is 0.912. The molecule has 0 radical (unpaired) electrons. The SMILES string of the molecule is CCC(Oc1nnc(C(F)(F)F)s1)C(=O)Nc1ccccc1. The molecule has 0 aliphatic carbocycles. The van der Waals surface area contributed by atoms with Gasteiger partial charge in [0.1, 0.15) is 0 Å². The highest BCUT2D eigenvalue weighted by molar-refractivity contribution is 7.13. The maximum absolute atomic E-state index is 12.4. The Kier molecular flexibility index (Phi) is 4.96. The van der Waals surface area contributed by atoms with E-state index in [0.29, 0.717) is 5.69 Å². The van der Waals surface area contributed by atoms with Crippen molar-refractivity contribution in [2.75, 3.05) is 5.32 Å². The van der Waals surface area contributed by atoms with E-state index >= 15 is 0 Å². The van der Waals surface area contributed by atoms with Crippen LogP contribution in [0.15, 0.2) is 30.3 Å². The fraction of sp³-hybridized carbons (Fsp3) is 0.308. The Balaban J connectivity index is 2.02.